The van der Waals surface area contributed by atoms with E-state index in [4.69, 9.17) is 23.2 Å². The summed E-state index contributed by atoms with van der Waals surface area (Å²) in [5.41, 5.74) is 2.59. The van der Waals surface area contributed by atoms with Gasteiger partial charge in [-0.1, -0.05) is 59.6 Å². The number of carbonyl (C=O) groups is 1. The second-order valence-electron chi connectivity index (χ2n) is 5.76. The molecule has 0 bridgehead atoms. The van der Waals surface area contributed by atoms with E-state index in [0.29, 0.717) is 15.7 Å². The van der Waals surface area contributed by atoms with Crippen molar-refractivity contribution < 1.29 is 4.79 Å². The van der Waals surface area contributed by atoms with Crippen LogP contribution in [0.25, 0.3) is 0 Å². The molecular formula is C20H17Cl2N3O. The van der Waals surface area contributed by atoms with Crippen molar-refractivity contribution in [3.63, 3.8) is 0 Å². The normalized spacial score (nSPS) is 11.7. The maximum Gasteiger partial charge on any atom is 0.274 e. The van der Waals surface area contributed by atoms with E-state index in [9.17, 15) is 4.79 Å². The maximum atomic E-state index is 12.5. The lowest BCUT2D eigenvalue weighted by atomic mass is 10.1. The van der Waals surface area contributed by atoms with E-state index < -0.39 is 0 Å². The molecule has 6 heteroatoms. The Morgan fingerprint density at radius 3 is 2.38 bits per heavy atom. The molecule has 1 amide bonds. The maximum absolute atomic E-state index is 12.5. The van der Waals surface area contributed by atoms with Crippen LogP contribution < -0.4 is 10.6 Å². The smallest absolute Gasteiger partial charge is 0.274 e. The summed E-state index contributed by atoms with van der Waals surface area (Å²) in [6.45, 7) is 2.05. The van der Waals surface area contributed by atoms with E-state index in [1.54, 1.807) is 30.5 Å². The number of nitrogens with zero attached hydrogens (tertiary/aromatic N) is 1. The largest absolute Gasteiger partial charge is 0.378 e. The highest BCUT2D eigenvalue weighted by molar-refractivity contribution is 6.40. The van der Waals surface area contributed by atoms with Crippen molar-refractivity contribution in [1.82, 2.24) is 4.98 Å². The van der Waals surface area contributed by atoms with Gasteiger partial charge in [-0.05, 0) is 36.8 Å². The molecule has 0 saturated carbocycles. The number of nitrogens with one attached hydrogen (secondary N) is 2. The van der Waals surface area contributed by atoms with Crippen molar-refractivity contribution >= 4 is 40.5 Å². The molecule has 0 spiro atoms. The minimum Gasteiger partial charge on any atom is -0.378 e. The molecule has 0 aliphatic rings. The van der Waals surface area contributed by atoms with Crippen molar-refractivity contribution in [2.75, 3.05) is 10.6 Å². The van der Waals surface area contributed by atoms with E-state index in [-0.39, 0.29) is 17.6 Å². The Labute approximate surface area is 162 Å². The molecule has 2 N–H and O–H groups in total. The highest BCUT2D eigenvalue weighted by Crippen LogP contribution is 2.30. The molecule has 1 aromatic heterocycles. The van der Waals surface area contributed by atoms with Crippen LogP contribution in [-0.4, -0.2) is 10.9 Å². The van der Waals surface area contributed by atoms with E-state index in [0.717, 1.165) is 11.3 Å². The van der Waals surface area contributed by atoms with Crippen LogP contribution in [-0.2, 0) is 0 Å². The molecule has 26 heavy (non-hydrogen) atoms. The first-order chi connectivity index (χ1) is 12.5. The Kier molecular flexibility index (Phi) is 5.76. The molecule has 0 fully saturated rings. The van der Waals surface area contributed by atoms with Crippen molar-refractivity contribution in [2.45, 2.75) is 13.0 Å². The summed E-state index contributed by atoms with van der Waals surface area (Å²) >= 11 is 12.2. The van der Waals surface area contributed by atoms with Gasteiger partial charge in [-0.15, -0.1) is 0 Å². The summed E-state index contributed by atoms with van der Waals surface area (Å²) in [7, 11) is 0. The van der Waals surface area contributed by atoms with Gasteiger partial charge in [-0.2, -0.15) is 0 Å². The second kappa shape index (κ2) is 8.21. The number of amides is 1. The van der Waals surface area contributed by atoms with Gasteiger partial charge in [-0.3, -0.25) is 9.78 Å². The lowest BCUT2D eigenvalue weighted by molar-refractivity contribution is 0.102. The Hall–Kier alpha value is -2.56. The summed E-state index contributed by atoms with van der Waals surface area (Å²) in [5.74, 6) is -0.379. The van der Waals surface area contributed by atoms with Gasteiger partial charge >= 0.3 is 0 Å². The van der Waals surface area contributed by atoms with Crippen LogP contribution in [0, 0.1) is 0 Å². The molecule has 0 aliphatic heterocycles. The van der Waals surface area contributed by atoms with E-state index in [2.05, 4.69) is 22.5 Å². The fraction of sp³-hybridized carbons (Fsp3) is 0.100. The standard InChI is InChI=1S/C20H17Cl2N3O/c1-13(14-6-3-2-4-7-14)24-15-10-11-23-18(12-15)20(26)25-19-16(21)8-5-9-17(19)22/h2-13H,1H3,(H,23,24)(H,25,26). The topological polar surface area (TPSA) is 54.0 Å². The van der Waals surface area contributed by atoms with Gasteiger partial charge in [0, 0.05) is 17.9 Å². The first-order valence-corrected chi connectivity index (χ1v) is 8.83. The fourth-order valence-corrected chi connectivity index (χ4v) is 3.01. The Bertz CT molecular complexity index is 896. The molecule has 132 valence electrons. The highest BCUT2D eigenvalue weighted by atomic mass is 35.5. The van der Waals surface area contributed by atoms with Crippen LogP contribution in [0.3, 0.4) is 0 Å². The summed E-state index contributed by atoms with van der Waals surface area (Å²) in [4.78, 5) is 16.6. The molecule has 3 aromatic rings. The minimum atomic E-state index is -0.379. The lowest BCUT2D eigenvalue weighted by Gasteiger charge is -2.16. The molecule has 1 heterocycles. The van der Waals surface area contributed by atoms with Gasteiger partial charge in [0.25, 0.3) is 5.91 Å². The molecular weight excluding hydrogens is 369 g/mol. The molecule has 1 unspecified atom stereocenters. The zero-order chi connectivity index (χ0) is 18.5. The molecule has 4 nitrogen and oxygen atoms in total. The highest BCUT2D eigenvalue weighted by Gasteiger charge is 2.13. The quantitative estimate of drug-likeness (QED) is 0.582. The van der Waals surface area contributed by atoms with Crippen molar-refractivity contribution in [2.24, 2.45) is 0 Å². The van der Waals surface area contributed by atoms with Crippen molar-refractivity contribution in [3.05, 3.63) is 88.2 Å². The number of aromatic nitrogens is 1. The number of hydrogen-bond acceptors (Lipinski definition) is 3. The first-order valence-electron chi connectivity index (χ1n) is 8.07. The van der Waals surface area contributed by atoms with Crippen LogP contribution in [0.1, 0.15) is 29.0 Å². The van der Waals surface area contributed by atoms with Gasteiger partial charge < -0.3 is 10.6 Å². The summed E-state index contributed by atoms with van der Waals surface area (Å²) in [5, 5.41) is 6.83. The predicted octanol–water partition coefficient (Wildman–Crippen LogP) is 5.81. The van der Waals surface area contributed by atoms with E-state index in [1.165, 1.54) is 0 Å². The Morgan fingerprint density at radius 1 is 1.00 bits per heavy atom. The number of carbonyl (C=O) groups excluding carboxylic acids is 1. The van der Waals surface area contributed by atoms with E-state index in [1.807, 2.05) is 36.4 Å². The SMILES string of the molecule is CC(Nc1ccnc(C(=O)Nc2c(Cl)cccc2Cl)c1)c1ccccc1. The third-order valence-corrected chi connectivity index (χ3v) is 4.51. The number of anilines is 2. The third kappa shape index (κ3) is 4.34. The molecule has 0 radical (unpaired) electrons. The second-order valence-corrected chi connectivity index (χ2v) is 6.57. The number of hydrogen-bond donors (Lipinski definition) is 2. The zero-order valence-corrected chi connectivity index (χ0v) is 15.6. The van der Waals surface area contributed by atoms with E-state index >= 15 is 0 Å². The fourth-order valence-electron chi connectivity index (χ4n) is 2.51. The first kappa shape index (κ1) is 18.2. The number of rotatable bonds is 5. The van der Waals surface area contributed by atoms with Gasteiger partial charge in [0.15, 0.2) is 0 Å². The van der Waals surface area contributed by atoms with Gasteiger partial charge in [-0.25, -0.2) is 0 Å². The van der Waals surface area contributed by atoms with Crippen LogP contribution in [0.5, 0.6) is 0 Å². The average Bonchev–Trinajstić information content (AvgIpc) is 2.65. The minimum absolute atomic E-state index is 0.0903. The van der Waals surface area contributed by atoms with Gasteiger partial charge in [0.1, 0.15) is 5.69 Å². The summed E-state index contributed by atoms with van der Waals surface area (Å²) in [6.07, 6.45) is 1.59. The Balaban J connectivity index is 1.75. The summed E-state index contributed by atoms with van der Waals surface area (Å²) in [6, 6.07) is 18.7. The number of para-hydroxylation sites is 1. The molecule has 1 atom stereocenters. The molecule has 0 aliphatic carbocycles. The summed E-state index contributed by atoms with van der Waals surface area (Å²) < 4.78 is 0. The van der Waals surface area contributed by atoms with Gasteiger partial charge in [0.2, 0.25) is 0 Å². The van der Waals surface area contributed by atoms with Crippen LogP contribution in [0.2, 0.25) is 10.0 Å². The zero-order valence-electron chi connectivity index (χ0n) is 14.0. The Morgan fingerprint density at radius 2 is 1.69 bits per heavy atom. The van der Waals surface area contributed by atoms with Crippen LogP contribution in [0.4, 0.5) is 11.4 Å². The number of pyridine rings is 1. The monoisotopic (exact) mass is 385 g/mol. The molecule has 2 aromatic carbocycles. The number of halogens is 2. The van der Waals surface area contributed by atoms with Crippen LogP contribution >= 0.6 is 23.2 Å². The average molecular weight is 386 g/mol. The van der Waals surface area contributed by atoms with Crippen molar-refractivity contribution in [3.8, 4) is 0 Å². The number of benzene rings is 2. The third-order valence-electron chi connectivity index (χ3n) is 3.88. The van der Waals surface area contributed by atoms with Crippen LogP contribution in [0.15, 0.2) is 66.9 Å². The molecule has 3 rings (SSSR count). The lowest BCUT2D eigenvalue weighted by Crippen LogP contribution is -2.15. The predicted molar refractivity (Wildman–Crippen MR) is 107 cm³/mol. The van der Waals surface area contributed by atoms with Crippen molar-refractivity contribution in [1.29, 1.82) is 0 Å². The molecule has 0 saturated heterocycles. The van der Waals surface area contributed by atoms with Gasteiger partial charge in [0.05, 0.1) is 15.7 Å².